The van der Waals surface area contributed by atoms with Gasteiger partial charge in [-0.3, -0.25) is 4.68 Å². The summed E-state index contributed by atoms with van der Waals surface area (Å²) < 4.78 is 1.86. The van der Waals surface area contributed by atoms with Crippen LogP contribution in [0, 0.1) is 5.41 Å². The van der Waals surface area contributed by atoms with Crippen molar-refractivity contribution in [2.75, 3.05) is 19.3 Å². The highest BCUT2D eigenvalue weighted by molar-refractivity contribution is 7.80. The summed E-state index contributed by atoms with van der Waals surface area (Å²) in [6.45, 7) is 2.15. The fourth-order valence-electron chi connectivity index (χ4n) is 2.54. The van der Waals surface area contributed by atoms with Crippen LogP contribution in [-0.2, 0) is 13.6 Å². The zero-order valence-electron chi connectivity index (χ0n) is 10.2. The molecular weight excluding hydrogens is 218 g/mol. The molecule has 90 valence electrons. The van der Waals surface area contributed by atoms with E-state index in [1.54, 1.807) is 0 Å². The van der Waals surface area contributed by atoms with E-state index in [0.717, 1.165) is 18.8 Å². The highest BCUT2D eigenvalue weighted by Gasteiger charge is 2.36. The quantitative estimate of drug-likeness (QED) is 0.793. The molecule has 1 aromatic rings. The average Bonchev–Trinajstić information content (AvgIpc) is 2.57. The van der Waals surface area contributed by atoms with Crippen LogP contribution in [-0.4, -0.2) is 34.0 Å². The third-order valence-corrected chi connectivity index (χ3v) is 4.24. The average molecular weight is 239 g/mol. The van der Waals surface area contributed by atoms with E-state index < -0.39 is 0 Å². The first-order valence-corrected chi connectivity index (χ1v) is 6.54. The third kappa shape index (κ3) is 2.61. The lowest BCUT2D eigenvalue weighted by atomic mass is 9.70. The summed E-state index contributed by atoms with van der Waals surface area (Å²) in [7, 11) is 4.15. The molecule has 0 unspecified atom stereocenters. The van der Waals surface area contributed by atoms with Crippen LogP contribution in [0.2, 0.25) is 0 Å². The Morgan fingerprint density at radius 1 is 1.56 bits per heavy atom. The van der Waals surface area contributed by atoms with Crippen molar-refractivity contribution < 1.29 is 0 Å². The summed E-state index contributed by atoms with van der Waals surface area (Å²) in [4.78, 5) is 2.40. The van der Waals surface area contributed by atoms with E-state index in [-0.39, 0.29) is 0 Å². The summed E-state index contributed by atoms with van der Waals surface area (Å²) >= 11 is 4.49. The van der Waals surface area contributed by atoms with Crippen molar-refractivity contribution in [2.45, 2.75) is 25.8 Å². The molecule has 1 aliphatic rings. The topological polar surface area (TPSA) is 21.1 Å². The molecule has 0 amide bonds. The van der Waals surface area contributed by atoms with Gasteiger partial charge in [0.15, 0.2) is 0 Å². The van der Waals surface area contributed by atoms with Gasteiger partial charge in [0.1, 0.15) is 0 Å². The number of hydrogen-bond donors (Lipinski definition) is 1. The van der Waals surface area contributed by atoms with E-state index in [1.165, 1.54) is 24.8 Å². The number of hydrogen-bond acceptors (Lipinski definition) is 3. The molecule has 1 heterocycles. The molecule has 1 aliphatic carbocycles. The standard InChI is InChI=1S/C12H21N3S/c1-14(7-11-6-13-15(2)8-11)9-12(10-16)4-3-5-12/h6,8,16H,3-5,7,9-10H2,1-2H3. The number of aryl methyl sites for hydroxylation is 1. The molecule has 4 heteroatoms. The van der Waals surface area contributed by atoms with Gasteiger partial charge >= 0.3 is 0 Å². The first-order valence-electron chi connectivity index (χ1n) is 5.90. The maximum Gasteiger partial charge on any atom is 0.0534 e. The molecule has 16 heavy (non-hydrogen) atoms. The molecule has 0 radical (unpaired) electrons. The van der Waals surface area contributed by atoms with Gasteiger partial charge in [-0.05, 0) is 31.1 Å². The Bertz CT molecular complexity index is 338. The van der Waals surface area contributed by atoms with Gasteiger partial charge in [-0.15, -0.1) is 0 Å². The molecule has 2 rings (SSSR count). The summed E-state index contributed by atoms with van der Waals surface area (Å²) in [5, 5.41) is 4.20. The van der Waals surface area contributed by atoms with Crippen molar-refractivity contribution in [2.24, 2.45) is 12.5 Å². The Kier molecular flexibility index (Phi) is 3.60. The van der Waals surface area contributed by atoms with E-state index in [0.29, 0.717) is 5.41 Å². The summed E-state index contributed by atoms with van der Waals surface area (Å²) in [5.41, 5.74) is 1.78. The maximum atomic E-state index is 4.49. The lowest BCUT2D eigenvalue weighted by molar-refractivity contribution is 0.102. The first kappa shape index (κ1) is 12.0. The van der Waals surface area contributed by atoms with E-state index in [2.05, 4.69) is 35.9 Å². The van der Waals surface area contributed by atoms with Gasteiger partial charge in [-0.1, -0.05) is 6.42 Å². The van der Waals surface area contributed by atoms with Gasteiger partial charge in [0.05, 0.1) is 6.20 Å². The largest absolute Gasteiger partial charge is 0.301 e. The molecule has 0 bridgehead atoms. The fourth-order valence-corrected chi connectivity index (χ4v) is 2.95. The minimum Gasteiger partial charge on any atom is -0.301 e. The summed E-state index contributed by atoms with van der Waals surface area (Å²) in [5.74, 6) is 1.02. The molecule has 0 spiro atoms. The summed E-state index contributed by atoms with van der Waals surface area (Å²) in [6, 6.07) is 0. The van der Waals surface area contributed by atoms with Gasteiger partial charge < -0.3 is 4.90 Å². The van der Waals surface area contributed by atoms with E-state index in [1.807, 2.05) is 17.9 Å². The van der Waals surface area contributed by atoms with E-state index in [9.17, 15) is 0 Å². The van der Waals surface area contributed by atoms with Crippen LogP contribution in [0.15, 0.2) is 12.4 Å². The minimum absolute atomic E-state index is 0.486. The monoisotopic (exact) mass is 239 g/mol. The predicted molar refractivity (Wildman–Crippen MR) is 69.7 cm³/mol. The molecule has 0 aromatic carbocycles. The fraction of sp³-hybridized carbons (Fsp3) is 0.750. The molecule has 0 saturated heterocycles. The second kappa shape index (κ2) is 4.80. The van der Waals surface area contributed by atoms with Crippen molar-refractivity contribution in [1.82, 2.24) is 14.7 Å². The second-order valence-corrected chi connectivity index (χ2v) is 5.52. The highest BCUT2D eigenvalue weighted by Crippen LogP contribution is 2.42. The number of nitrogens with zero attached hydrogens (tertiary/aromatic N) is 3. The number of rotatable bonds is 5. The molecule has 1 fully saturated rings. The lowest BCUT2D eigenvalue weighted by Crippen LogP contribution is -2.42. The summed E-state index contributed by atoms with van der Waals surface area (Å²) in [6.07, 6.45) is 8.10. The van der Waals surface area contributed by atoms with Crippen LogP contribution in [0.4, 0.5) is 0 Å². The van der Waals surface area contributed by atoms with Crippen LogP contribution in [0.1, 0.15) is 24.8 Å². The Labute approximate surface area is 103 Å². The SMILES string of the molecule is CN(Cc1cnn(C)c1)CC1(CS)CCC1. The van der Waals surface area contributed by atoms with Gasteiger partial charge in [-0.2, -0.15) is 17.7 Å². The van der Waals surface area contributed by atoms with Gasteiger partial charge in [0.2, 0.25) is 0 Å². The van der Waals surface area contributed by atoms with E-state index in [4.69, 9.17) is 0 Å². The smallest absolute Gasteiger partial charge is 0.0534 e. The lowest BCUT2D eigenvalue weighted by Gasteiger charge is -2.43. The van der Waals surface area contributed by atoms with Crippen molar-refractivity contribution in [1.29, 1.82) is 0 Å². The molecule has 0 atom stereocenters. The first-order chi connectivity index (χ1) is 7.63. The molecule has 0 aliphatic heterocycles. The van der Waals surface area contributed by atoms with Crippen molar-refractivity contribution >= 4 is 12.6 Å². The van der Waals surface area contributed by atoms with Crippen LogP contribution >= 0.6 is 12.6 Å². The van der Waals surface area contributed by atoms with Gasteiger partial charge in [0.25, 0.3) is 0 Å². The normalized spacial score (nSPS) is 18.8. The minimum atomic E-state index is 0.486. The van der Waals surface area contributed by atoms with Crippen molar-refractivity contribution in [3.8, 4) is 0 Å². The molecule has 1 aromatic heterocycles. The zero-order valence-corrected chi connectivity index (χ0v) is 11.1. The van der Waals surface area contributed by atoms with Gasteiger partial charge in [-0.25, -0.2) is 0 Å². The molecule has 1 saturated carbocycles. The molecule has 0 N–H and O–H groups in total. The van der Waals surface area contributed by atoms with Crippen LogP contribution < -0.4 is 0 Å². The Hall–Kier alpha value is -0.480. The van der Waals surface area contributed by atoms with Crippen molar-refractivity contribution in [3.63, 3.8) is 0 Å². The number of thiol groups is 1. The Balaban J connectivity index is 1.86. The van der Waals surface area contributed by atoms with Crippen molar-refractivity contribution in [3.05, 3.63) is 18.0 Å². The zero-order chi connectivity index (χ0) is 11.6. The van der Waals surface area contributed by atoms with E-state index >= 15 is 0 Å². The van der Waals surface area contributed by atoms with Crippen LogP contribution in [0.25, 0.3) is 0 Å². The number of aromatic nitrogens is 2. The second-order valence-electron chi connectivity index (χ2n) is 5.21. The molecule has 3 nitrogen and oxygen atoms in total. The van der Waals surface area contributed by atoms with Crippen LogP contribution in [0.5, 0.6) is 0 Å². The highest BCUT2D eigenvalue weighted by atomic mass is 32.1. The Morgan fingerprint density at radius 2 is 2.31 bits per heavy atom. The van der Waals surface area contributed by atoms with Crippen LogP contribution in [0.3, 0.4) is 0 Å². The van der Waals surface area contributed by atoms with Gasteiger partial charge in [0, 0.05) is 31.9 Å². The maximum absolute atomic E-state index is 4.49. The molecular formula is C12H21N3S. The predicted octanol–water partition coefficient (Wildman–Crippen LogP) is 1.95. The Morgan fingerprint density at radius 3 is 2.75 bits per heavy atom. The third-order valence-electron chi connectivity index (χ3n) is 3.57.